The maximum absolute atomic E-state index is 12.0. The molecule has 0 spiro atoms. The molecule has 22 heavy (non-hydrogen) atoms. The number of benzene rings is 1. The van der Waals surface area contributed by atoms with E-state index in [0.717, 1.165) is 28.2 Å². The minimum atomic E-state index is 0.0806. The van der Waals surface area contributed by atoms with Gasteiger partial charge >= 0.3 is 0 Å². The molecule has 4 rings (SSSR count). The molecule has 0 bridgehead atoms. The van der Waals surface area contributed by atoms with E-state index in [9.17, 15) is 4.79 Å². The molecule has 0 radical (unpaired) electrons. The van der Waals surface area contributed by atoms with Gasteiger partial charge in [0.05, 0.1) is 17.8 Å². The van der Waals surface area contributed by atoms with E-state index in [1.165, 1.54) is 0 Å². The fourth-order valence-corrected chi connectivity index (χ4v) is 3.39. The summed E-state index contributed by atoms with van der Waals surface area (Å²) in [6, 6.07) is 8.27. The third kappa shape index (κ3) is 1.78. The number of nitrogens with zero attached hydrogens (tertiary/aromatic N) is 3. The first kappa shape index (κ1) is 13.1. The van der Waals surface area contributed by atoms with Gasteiger partial charge in [0, 0.05) is 37.2 Å². The molecule has 2 aliphatic heterocycles. The van der Waals surface area contributed by atoms with Crippen molar-refractivity contribution in [1.29, 1.82) is 0 Å². The van der Waals surface area contributed by atoms with Crippen LogP contribution in [0.2, 0.25) is 0 Å². The van der Waals surface area contributed by atoms with E-state index in [1.807, 2.05) is 24.1 Å². The highest BCUT2D eigenvalue weighted by Gasteiger charge is 2.33. The predicted molar refractivity (Wildman–Crippen MR) is 87.2 cm³/mol. The molecule has 0 saturated heterocycles. The zero-order valence-electron chi connectivity index (χ0n) is 12.7. The van der Waals surface area contributed by atoms with Crippen LogP contribution in [0.25, 0.3) is 0 Å². The van der Waals surface area contributed by atoms with Gasteiger partial charge in [-0.3, -0.25) is 9.78 Å². The van der Waals surface area contributed by atoms with Crippen LogP contribution in [0.4, 0.5) is 17.1 Å². The molecule has 2 aromatic rings. The van der Waals surface area contributed by atoms with Gasteiger partial charge < -0.3 is 15.1 Å². The standard InChI is InChI=1S/C17H18N4O/c1-3-21-14-9-15-13(7-12(14)8-16(21)22)19-17(20(15)2)11-5-4-6-18-10-11/h4-7,9-10,17,19H,3,8H2,1-2H3. The summed E-state index contributed by atoms with van der Waals surface area (Å²) in [5.74, 6) is 0.188. The van der Waals surface area contributed by atoms with Crippen LogP contribution in [0.15, 0.2) is 36.7 Å². The van der Waals surface area contributed by atoms with Gasteiger partial charge in [0.2, 0.25) is 5.91 Å². The zero-order chi connectivity index (χ0) is 15.3. The second-order valence-electron chi connectivity index (χ2n) is 5.76. The summed E-state index contributed by atoms with van der Waals surface area (Å²) < 4.78 is 0. The van der Waals surface area contributed by atoms with Crippen molar-refractivity contribution in [2.75, 3.05) is 28.7 Å². The SMILES string of the molecule is CCN1C(=O)Cc2cc3c(cc21)N(C)C(c1cccnc1)N3. The van der Waals surface area contributed by atoms with Crippen molar-refractivity contribution >= 4 is 23.0 Å². The minimum absolute atomic E-state index is 0.0806. The van der Waals surface area contributed by atoms with E-state index in [4.69, 9.17) is 0 Å². The molecule has 0 fully saturated rings. The van der Waals surface area contributed by atoms with Crippen molar-refractivity contribution in [2.45, 2.75) is 19.5 Å². The van der Waals surface area contributed by atoms with Crippen LogP contribution in [-0.4, -0.2) is 24.5 Å². The van der Waals surface area contributed by atoms with Gasteiger partial charge in [-0.1, -0.05) is 6.07 Å². The molecule has 1 aromatic heterocycles. The summed E-state index contributed by atoms with van der Waals surface area (Å²) in [5.41, 5.74) is 5.50. The topological polar surface area (TPSA) is 48.5 Å². The fraction of sp³-hybridized carbons (Fsp3) is 0.294. The zero-order valence-corrected chi connectivity index (χ0v) is 12.7. The summed E-state index contributed by atoms with van der Waals surface area (Å²) in [7, 11) is 2.07. The summed E-state index contributed by atoms with van der Waals surface area (Å²) in [6.07, 6.45) is 4.25. The van der Waals surface area contributed by atoms with Crippen LogP contribution < -0.4 is 15.1 Å². The Morgan fingerprint density at radius 2 is 2.23 bits per heavy atom. The number of fused-ring (bicyclic) bond motifs is 2. The lowest BCUT2D eigenvalue weighted by Crippen LogP contribution is -2.26. The first-order chi connectivity index (χ1) is 10.7. The number of hydrogen-bond acceptors (Lipinski definition) is 4. The molecular weight excluding hydrogens is 276 g/mol. The normalized spacial score (nSPS) is 19.2. The predicted octanol–water partition coefficient (Wildman–Crippen LogP) is 2.55. The maximum Gasteiger partial charge on any atom is 0.231 e. The molecule has 112 valence electrons. The number of carbonyl (C=O) groups excluding carboxylic acids is 1. The molecule has 1 atom stereocenters. The summed E-state index contributed by atoms with van der Waals surface area (Å²) in [5, 5.41) is 3.53. The molecule has 1 amide bonds. The molecular formula is C17H18N4O. The van der Waals surface area contributed by atoms with Gasteiger partial charge in [0.15, 0.2) is 0 Å². The first-order valence-electron chi connectivity index (χ1n) is 7.55. The number of nitrogens with one attached hydrogen (secondary N) is 1. The molecule has 2 aliphatic rings. The Morgan fingerprint density at radius 1 is 1.36 bits per heavy atom. The third-order valence-corrected chi connectivity index (χ3v) is 4.51. The Morgan fingerprint density at radius 3 is 2.95 bits per heavy atom. The van der Waals surface area contributed by atoms with E-state index < -0.39 is 0 Å². The van der Waals surface area contributed by atoms with Crippen LogP contribution >= 0.6 is 0 Å². The highest BCUT2D eigenvalue weighted by molar-refractivity contribution is 6.03. The minimum Gasteiger partial charge on any atom is -0.360 e. The molecule has 1 N–H and O–H groups in total. The summed E-state index contributed by atoms with van der Waals surface area (Å²) in [6.45, 7) is 2.73. The summed E-state index contributed by atoms with van der Waals surface area (Å²) in [4.78, 5) is 20.3. The van der Waals surface area contributed by atoms with E-state index in [2.05, 4.69) is 40.4 Å². The van der Waals surface area contributed by atoms with Crippen molar-refractivity contribution in [3.8, 4) is 0 Å². The molecule has 0 aliphatic carbocycles. The van der Waals surface area contributed by atoms with Gasteiger partial charge in [0.25, 0.3) is 0 Å². The molecule has 0 saturated carbocycles. The van der Waals surface area contributed by atoms with Crippen molar-refractivity contribution in [3.63, 3.8) is 0 Å². The number of rotatable bonds is 2. The number of pyridine rings is 1. The maximum atomic E-state index is 12.0. The van der Waals surface area contributed by atoms with Crippen LogP contribution in [-0.2, 0) is 11.2 Å². The van der Waals surface area contributed by atoms with E-state index in [1.54, 1.807) is 6.20 Å². The van der Waals surface area contributed by atoms with Gasteiger partial charge in [-0.2, -0.15) is 0 Å². The Hall–Kier alpha value is -2.56. The number of likely N-dealkylation sites (N-methyl/N-ethyl adjacent to an activating group) is 1. The molecule has 1 aromatic carbocycles. The van der Waals surface area contributed by atoms with Crippen LogP contribution in [0.1, 0.15) is 24.2 Å². The smallest absolute Gasteiger partial charge is 0.231 e. The Balaban J connectivity index is 1.74. The van der Waals surface area contributed by atoms with Crippen molar-refractivity contribution in [3.05, 3.63) is 47.8 Å². The van der Waals surface area contributed by atoms with E-state index in [-0.39, 0.29) is 12.1 Å². The molecule has 1 unspecified atom stereocenters. The fourth-order valence-electron chi connectivity index (χ4n) is 3.39. The Kier molecular flexibility index (Phi) is 2.82. The third-order valence-electron chi connectivity index (χ3n) is 4.51. The second kappa shape index (κ2) is 4.73. The summed E-state index contributed by atoms with van der Waals surface area (Å²) >= 11 is 0. The van der Waals surface area contributed by atoms with Gasteiger partial charge in [-0.05, 0) is 30.7 Å². The molecule has 5 nitrogen and oxygen atoms in total. The first-order valence-corrected chi connectivity index (χ1v) is 7.55. The van der Waals surface area contributed by atoms with Crippen molar-refractivity contribution in [1.82, 2.24) is 4.98 Å². The Labute approximate surface area is 129 Å². The average Bonchev–Trinajstić information content (AvgIpc) is 3.02. The number of carbonyl (C=O) groups is 1. The van der Waals surface area contributed by atoms with Gasteiger partial charge in [0.1, 0.15) is 6.17 Å². The van der Waals surface area contributed by atoms with Crippen LogP contribution in [0, 0.1) is 0 Å². The highest BCUT2D eigenvalue weighted by atomic mass is 16.2. The van der Waals surface area contributed by atoms with E-state index in [0.29, 0.717) is 13.0 Å². The second-order valence-corrected chi connectivity index (χ2v) is 5.76. The van der Waals surface area contributed by atoms with Crippen molar-refractivity contribution in [2.24, 2.45) is 0 Å². The van der Waals surface area contributed by atoms with E-state index >= 15 is 0 Å². The quantitative estimate of drug-likeness (QED) is 0.925. The monoisotopic (exact) mass is 294 g/mol. The van der Waals surface area contributed by atoms with Gasteiger partial charge in [-0.25, -0.2) is 0 Å². The largest absolute Gasteiger partial charge is 0.360 e. The molecule has 5 heteroatoms. The Bertz CT molecular complexity index is 744. The number of hydrogen-bond donors (Lipinski definition) is 1. The number of anilines is 3. The number of aromatic nitrogens is 1. The lowest BCUT2D eigenvalue weighted by molar-refractivity contribution is -0.117. The lowest BCUT2D eigenvalue weighted by atomic mass is 10.1. The van der Waals surface area contributed by atoms with Crippen LogP contribution in [0.3, 0.4) is 0 Å². The average molecular weight is 294 g/mol. The lowest BCUT2D eigenvalue weighted by Gasteiger charge is -2.22. The molecule has 3 heterocycles. The van der Waals surface area contributed by atoms with Crippen LogP contribution in [0.5, 0.6) is 0 Å². The number of amides is 1. The van der Waals surface area contributed by atoms with Crippen molar-refractivity contribution < 1.29 is 4.79 Å². The van der Waals surface area contributed by atoms with Gasteiger partial charge in [-0.15, -0.1) is 0 Å². The highest BCUT2D eigenvalue weighted by Crippen LogP contribution is 2.45.